The van der Waals surface area contributed by atoms with E-state index in [1.807, 2.05) is 24.3 Å². The fraction of sp³-hybridized carbons (Fsp3) is 0.364. The summed E-state index contributed by atoms with van der Waals surface area (Å²) in [4.78, 5) is 40.3. The monoisotopic (exact) mass is 542 g/mol. The van der Waals surface area contributed by atoms with Gasteiger partial charge in [0, 0.05) is 13.0 Å². The molecule has 0 radical (unpaired) electrons. The highest BCUT2D eigenvalue weighted by atomic mass is 16.5. The maximum atomic E-state index is 12.8. The molecular formula is C33H38N2O5. The molecule has 1 heterocycles. The molecule has 0 bridgehead atoms. The van der Waals surface area contributed by atoms with Gasteiger partial charge < -0.3 is 14.7 Å². The number of imide groups is 1. The van der Waals surface area contributed by atoms with Crippen LogP contribution in [0.15, 0.2) is 66.7 Å². The number of rotatable bonds is 15. The van der Waals surface area contributed by atoms with Gasteiger partial charge >= 0.3 is 5.97 Å². The highest BCUT2D eigenvalue weighted by Gasteiger charge is 2.34. The molecule has 1 aliphatic rings. The summed E-state index contributed by atoms with van der Waals surface area (Å²) >= 11 is 0. The fourth-order valence-electron chi connectivity index (χ4n) is 5.05. The molecule has 7 nitrogen and oxygen atoms in total. The quantitative estimate of drug-likeness (QED) is 0.214. The van der Waals surface area contributed by atoms with Gasteiger partial charge in [-0.05, 0) is 99.6 Å². The molecule has 210 valence electrons. The van der Waals surface area contributed by atoms with E-state index in [1.54, 1.807) is 24.3 Å². The number of aliphatic carboxylic acids is 1. The smallest absolute Gasteiger partial charge is 0.303 e. The molecule has 0 saturated heterocycles. The Morgan fingerprint density at radius 3 is 2.05 bits per heavy atom. The molecule has 0 saturated carbocycles. The minimum atomic E-state index is -0.838. The summed E-state index contributed by atoms with van der Waals surface area (Å²) in [6.45, 7) is 1.99. The maximum Gasteiger partial charge on any atom is 0.303 e. The molecule has 3 aromatic rings. The van der Waals surface area contributed by atoms with E-state index < -0.39 is 5.97 Å². The SMILES string of the molecule is CN(C)CCCCOc1ccccc1CCc1cc(CCC(=O)O)cc(CCN2C(=O)c3ccccc3C2=O)c1. The van der Waals surface area contributed by atoms with Gasteiger partial charge in [0.1, 0.15) is 5.75 Å². The Labute approximate surface area is 236 Å². The number of carboxylic acids is 1. The number of ether oxygens (including phenoxy) is 1. The standard InChI is InChI=1S/C33H38N2O5/c1-34(2)18-7-8-20-40-30-12-6-3-9-27(30)15-13-24-21-25(14-16-31(36)37)23-26(22-24)17-19-35-32(38)28-10-4-5-11-29(28)33(35)39/h3-6,9-12,21-23H,7-8,13-20H2,1-2H3,(H,36,37). The molecule has 0 aliphatic carbocycles. The van der Waals surface area contributed by atoms with Crippen LogP contribution in [0.4, 0.5) is 0 Å². The first-order valence-corrected chi connectivity index (χ1v) is 14.0. The molecule has 2 amide bonds. The second-order valence-electron chi connectivity index (χ2n) is 10.6. The van der Waals surface area contributed by atoms with Crippen molar-refractivity contribution in [2.24, 2.45) is 0 Å². The molecule has 3 aromatic carbocycles. The third kappa shape index (κ3) is 7.79. The van der Waals surface area contributed by atoms with Crippen molar-refractivity contribution in [2.45, 2.75) is 44.9 Å². The first kappa shape index (κ1) is 29.0. The number of aryl methyl sites for hydroxylation is 3. The second-order valence-corrected chi connectivity index (χ2v) is 10.6. The predicted molar refractivity (Wildman–Crippen MR) is 155 cm³/mol. The van der Waals surface area contributed by atoms with Gasteiger partial charge in [-0.15, -0.1) is 0 Å². The van der Waals surface area contributed by atoms with Crippen molar-refractivity contribution in [3.63, 3.8) is 0 Å². The zero-order chi connectivity index (χ0) is 28.5. The Morgan fingerprint density at radius 2 is 1.40 bits per heavy atom. The van der Waals surface area contributed by atoms with Crippen LogP contribution in [-0.2, 0) is 30.5 Å². The van der Waals surface area contributed by atoms with Crippen LogP contribution >= 0.6 is 0 Å². The first-order valence-electron chi connectivity index (χ1n) is 14.0. The number of carbonyl (C=O) groups is 3. The normalized spacial score (nSPS) is 12.7. The molecule has 0 aromatic heterocycles. The predicted octanol–water partition coefficient (Wildman–Crippen LogP) is 5.05. The maximum absolute atomic E-state index is 12.8. The molecule has 1 N–H and O–H groups in total. The van der Waals surface area contributed by atoms with E-state index in [4.69, 9.17) is 4.74 Å². The molecule has 0 unspecified atom stereocenters. The molecule has 0 spiro atoms. The number of carbonyl (C=O) groups excluding carboxylic acids is 2. The Kier molecular flexibility index (Phi) is 10.1. The van der Waals surface area contributed by atoms with Crippen LogP contribution in [0.2, 0.25) is 0 Å². The number of hydrogen-bond acceptors (Lipinski definition) is 5. The summed E-state index contributed by atoms with van der Waals surface area (Å²) < 4.78 is 6.11. The number of benzene rings is 3. The topological polar surface area (TPSA) is 87.2 Å². The molecule has 7 heteroatoms. The second kappa shape index (κ2) is 13.9. The van der Waals surface area contributed by atoms with Crippen molar-refractivity contribution in [1.29, 1.82) is 0 Å². The van der Waals surface area contributed by atoms with Crippen molar-refractivity contribution < 1.29 is 24.2 Å². The van der Waals surface area contributed by atoms with Crippen LogP contribution in [0, 0.1) is 0 Å². The summed E-state index contributed by atoms with van der Waals surface area (Å²) in [5, 5.41) is 9.22. The molecule has 0 fully saturated rings. The summed E-state index contributed by atoms with van der Waals surface area (Å²) in [6, 6.07) is 21.2. The van der Waals surface area contributed by atoms with Crippen molar-refractivity contribution in [3.8, 4) is 5.75 Å². The number of para-hydroxylation sites is 1. The van der Waals surface area contributed by atoms with Gasteiger partial charge in [0.25, 0.3) is 11.8 Å². The summed E-state index contributed by atoms with van der Waals surface area (Å²) in [6.07, 6.45) is 4.61. The van der Waals surface area contributed by atoms with Crippen LogP contribution in [0.3, 0.4) is 0 Å². The molecule has 1 aliphatic heterocycles. The van der Waals surface area contributed by atoms with Crippen molar-refractivity contribution in [1.82, 2.24) is 9.80 Å². The van der Waals surface area contributed by atoms with Crippen molar-refractivity contribution in [2.75, 3.05) is 33.8 Å². The van der Waals surface area contributed by atoms with Gasteiger partial charge in [-0.1, -0.05) is 48.5 Å². The lowest BCUT2D eigenvalue weighted by Crippen LogP contribution is -2.31. The summed E-state index contributed by atoms with van der Waals surface area (Å²) in [5.41, 5.74) is 5.06. The van der Waals surface area contributed by atoms with Crippen LogP contribution < -0.4 is 4.74 Å². The number of amides is 2. The minimum Gasteiger partial charge on any atom is -0.493 e. The van der Waals surface area contributed by atoms with E-state index >= 15 is 0 Å². The number of nitrogens with zero attached hydrogens (tertiary/aromatic N) is 2. The van der Waals surface area contributed by atoms with E-state index in [1.165, 1.54) is 4.90 Å². The van der Waals surface area contributed by atoms with Gasteiger partial charge in [0.15, 0.2) is 0 Å². The highest BCUT2D eigenvalue weighted by Crippen LogP contribution is 2.24. The van der Waals surface area contributed by atoms with E-state index in [0.29, 0.717) is 30.6 Å². The van der Waals surface area contributed by atoms with Gasteiger partial charge in [-0.25, -0.2) is 0 Å². The Bertz CT molecular complexity index is 1320. The van der Waals surface area contributed by atoms with Crippen LogP contribution in [0.25, 0.3) is 0 Å². The van der Waals surface area contributed by atoms with Crippen molar-refractivity contribution >= 4 is 17.8 Å². The average molecular weight is 543 g/mol. The lowest BCUT2D eigenvalue weighted by Gasteiger charge is -2.16. The molecule has 40 heavy (non-hydrogen) atoms. The minimum absolute atomic E-state index is 0.0474. The van der Waals surface area contributed by atoms with Gasteiger partial charge in [0.2, 0.25) is 0 Å². The van der Waals surface area contributed by atoms with E-state index in [2.05, 4.69) is 37.2 Å². The third-order valence-corrected chi connectivity index (χ3v) is 7.16. The Hall–Kier alpha value is -3.97. The summed E-state index contributed by atoms with van der Waals surface area (Å²) in [7, 11) is 4.14. The number of unbranched alkanes of at least 4 members (excludes halogenated alkanes) is 1. The van der Waals surface area contributed by atoms with Crippen LogP contribution in [0.1, 0.15) is 62.2 Å². The third-order valence-electron chi connectivity index (χ3n) is 7.16. The summed E-state index contributed by atoms with van der Waals surface area (Å²) in [5.74, 6) is -0.461. The van der Waals surface area contributed by atoms with Gasteiger partial charge in [-0.2, -0.15) is 0 Å². The lowest BCUT2D eigenvalue weighted by molar-refractivity contribution is -0.136. The largest absolute Gasteiger partial charge is 0.493 e. The van der Waals surface area contributed by atoms with E-state index in [-0.39, 0.29) is 24.8 Å². The van der Waals surface area contributed by atoms with E-state index in [9.17, 15) is 19.5 Å². The fourth-order valence-corrected chi connectivity index (χ4v) is 5.05. The highest BCUT2D eigenvalue weighted by molar-refractivity contribution is 6.21. The molecule has 4 rings (SSSR count). The average Bonchev–Trinajstić information content (AvgIpc) is 3.18. The van der Waals surface area contributed by atoms with Crippen LogP contribution in [0.5, 0.6) is 5.75 Å². The molecular weight excluding hydrogens is 504 g/mol. The Morgan fingerprint density at radius 1 is 0.800 bits per heavy atom. The van der Waals surface area contributed by atoms with Gasteiger partial charge in [-0.3, -0.25) is 19.3 Å². The zero-order valence-electron chi connectivity index (χ0n) is 23.4. The zero-order valence-corrected chi connectivity index (χ0v) is 23.4. The number of carboxylic acid groups (broad SMARTS) is 1. The number of fused-ring (bicyclic) bond motifs is 1. The van der Waals surface area contributed by atoms with Crippen LogP contribution in [-0.4, -0.2) is 66.5 Å². The Balaban J connectivity index is 1.43. The first-order chi connectivity index (χ1) is 19.3. The van der Waals surface area contributed by atoms with Crippen molar-refractivity contribution in [3.05, 3.63) is 100 Å². The molecule has 0 atom stereocenters. The van der Waals surface area contributed by atoms with Gasteiger partial charge in [0.05, 0.1) is 17.7 Å². The number of hydrogen-bond donors (Lipinski definition) is 1. The lowest BCUT2D eigenvalue weighted by atomic mass is 9.96. The van der Waals surface area contributed by atoms with E-state index in [0.717, 1.165) is 60.2 Å².